The van der Waals surface area contributed by atoms with Crippen molar-refractivity contribution in [2.24, 2.45) is 5.73 Å². The molecule has 2 heterocycles. The molecule has 3 N–H and O–H groups in total. The molecule has 3 rings (SSSR count). The molecule has 1 amide bonds. The van der Waals surface area contributed by atoms with Crippen molar-refractivity contribution in [3.63, 3.8) is 0 Å². The number of hydrogen-bond acceptors (Lipinski definition) is 4. The van der Waals surface area contributed by atoms with Gasteiger partial charge in [0.05, 0.1) is 9.92 Å². The Hall–Kier alpha value is -1.59. The fourth-order valence-corrected chi connectivity index (χ4v) is 6.05. The Morgan fingerprint density at radius 2 is 2.18 bits per heavy atom. The maximum Gasteiger partial charge on any atom is 0.273 e. The van der Waals surface area contributed by atoms with E-state index in [-0.39, 0.29) is 11.0 Å². The van der Waals surface area contributed by atoms with Crippen LogP contribution in [0.3, 0.4) is 0 Å². The maximum absolute atomic E-state index is 13.5. The zero-order valence-corrected chi connectivity index (χ0v) is 14.0. The molecule has 0 bridgehead atoms. The van der Waals surface area contributed by atoms with Gasteiger partial charge in [-0.15, -0.1) is 11.3 Å². The molecular formula is C14H12ClN2O3PS. The van der Waals surface area contributed by atoms with E-state index in [1.54, 1.807) is 35.7 Å². The molecule has 1 atom stereocenters. The standard InChI is InChI=1S/C14H12ClN2O3PS/c1-20-21(19,11-3-2-6-22-11)13-9-7-8(15)4-5-10(9)17-12(13)14(16)18/h2-7,17H,1H3,(H2,16,18). The third kappa shape index (κ3) is 2.29. The smallest absolute Gasteiger partial charge is 0.273 e. The van der Waals surface area contributed by atoms with Gasteiger partial charge in [0.15, 0.2) is 0 Å². The molecule has 3 aromatic rings. The summed E-state index contributed by atoms with van der Waals surface area (Å²) in [5, 5.41) is 3.10. The van der Waals surface area contributed by atoms with E-state index in [1.807, 2.05) is 0 Å². The van der Waals surface area contributed by atoms with Crippen molar-refractivity contribution in [1.29, 1.82) is 0 Å². The van der Waals surface area contributed by atoms with Crippen molar-refractivity contribution in [2.45, 2.75) is 0 Å². The molecule has 5 nitrogen and oxygen atoms in total. The number of fused-ring (bicyclic) bond motifs is 1. The average Bonchev–Trinajstić information content (AvgIpc) is 3.14. The van der Waals surface area contributed by atoms with Gasteiger partial charge in [0.2, 0.25) is 0 Å². The first-order chi connectivity index (χ1) is 10.5. The van der Waals surface area contributed by atoms with Crippen LogP contribution in [-0.4, -0.2) is 18.0 Å². The van der Waals surface area contributed by atoms with Crippen molar-refractivity contribution in [1.82, 2.24) is 4.98 Å². The van der Waals surface area contributed by atoms with Crippen LogP contribution in [0.15, 0.2) is 35.7 Å². The minimum absolute atomic E-state index is 0.0795. The number of H-pyrrole nitrogens is 1. The predicted molar refractivity (Wildman–Crippen MR) is 90.0 cm³/mol. The van der Waals surface area contributed by atoms with Gasteiger partial charge in [0, 0.05) is 23.0 Å². The minimum Gasteiger partial charge on any atom is -0.364 e. The Morgan fingerprint density at radius 1 is 1.41 bits per heavy atom. The summed E-state index contributed by atoms with van der Waals surface area (Å²) in [4.78, 5) is 14.7. The van der Waals surface area contributed by atoms with Crippen LogP contribution in [-0.2, 0) is 9.09 Å². The van der Waals surface area contributed by atoms with Gasteiger partial charge in [0.25, 0.3) is 13.3 Å². The molecule has 22 heavy (non-hydrogen) atoms. The highest BCUT2D eigenvalue weighted by molar-refractivity contribution is 7.79. The number of aromatic amines is 1. The van der Waals surface area contributed by atoms with E-state index in [4.69, 9.17) is 21.9 Å². The highest BCUT2D eigenvalue weighted by Gasteiger charge is 2.36. The number of nitrogens with two attached hydrogens (primary N) is 1. The summed E-state index contributed by atoms with van der Waals surface area (Å²) >= 11 is 7.34. The molecule has 0 aliphatic carbocycles. The zero-order valence-electron chi connectivity index (χ0n) is 11.5. The number of nitrogens with one attached hydrogen (secondary N) is 1. The van der Waals surface area contributed by atoms with Crippen molar-refractivity contribution in [2.75, 3.05) is 7.11 Å². The molecule has 0 saturated carbocycles. The molecule has 8 heteroatoms. The van der Waals surface area contributed by atoms with Gasteiger partial charge in [-0.25, -0.2) is 0 Å². The van der Waals surface area contributed by atoms with Gasteiger partial charge in [-0.2, -0.15) is 0 Å². The predicted octanol–water partition coefficient (Wildman–Crippen LogP) is 2.86. The molecule has 1 unspecified atom stereocenters. The second kappa shape index (κ2) is 5.56. The number of thiophene rings is 1. The van der Waals surface area contributed by atoms with E-state index in [9.17, 15) is 9.36 Å². The topological polar surface area (TPSA) is 85.2 Å². The van der Waals surface area contributed by atoms with E-state index in [1.165, 1.54) is 18.4 Å². The molecule has 2 aromatic heterocycles. The molecule has 1 aromatic carbocycles. The maximum atomic E-state index is 13.5. The van der Waals surface area contributed by atoms with Gasteiger partial charge >= 0.3 is 0 Å². The van der Waals surface area contributed by atoms with Crippen LogP contribution in [0, 0.1) is 0 Å². The fraction of sp³-hybridized carbons (Fsp3) is 0.0714. The van der Waals surface area contributed by atoms with E-state index in [0.717, 1.165) is 0 Å². The molecule has 0 saturated heterocycles. The molecule has 0 aliphatic heterocycles. The molecular weight excluding hydrogens is 343 g/mol. The first-order valence-electron chi connectivity index (χ1n) is 6.29. The number of carbonyl (C=O) groups is 1. The number of aromatic nitrogens is 1. The summed E-state index contributed by atoms with van der Waals surface area (Å²) in [6.07, 6.45) is 0. The summed E-state index contributed by atoms with van der Waals surface area (Å²) in [6.45, 7) is 0. The fourth-order valence-electron chi connectivity index (χ4n) is 2.36. The third-order valence-corrected chi connectivity index (χ3v) is 7.57. The number of primary amides is 1. The zero-order chi connectivity index (χ0) is 15.9. The Kier molecular flexibility index (Phi) is 3.87. The normalized spacial score (nSPS) is 14.1. The Balaban J connectivity index is 2.42. The SMILES string of the molecule is COP(=O)(c1cccs1)c1c(C(N)=O)[nH]c2ccc(Cl)cc12. The number of hydrogen-bond donors (Lipinski definition) is 2. The van der Waals surface area contributed by atoms with Crippen LogP contribution in [0.2, 0.25) is 5.02 Å². The van der Waals surface area contributed by atoms with Crippen molar-refractivity contribution in [3.8, 4) is 0 Å². The highest BCUT2D eigenvalue weighted by Crippen LogP contribution is 2.48. The Labute approximate surface area is 135 Å². The molecule has 0 spiro atoms. The minimum atomic E-state index is -3.44. The molecule has 114 valence electrons. The highest BCUT2D eigenvalue weighted by atomic mass is 35.5. The second-order valence-electron chi connectivity index (χ2n) is 4.59. The summed E-state index contributed by atoms with van der Waals surface area (Å²) in [5.74, 6) is -0.698. The van der Waals surface area contributed by atoms with Crippen molar-refractivity contribution in [3.05, 3.63) is 46.4 Å². The largest absolute Gasteiger partial charge is 0.364 e. The van der Waals surface area contributed by atoms with E-state index in [2.05, 4.69) is 4.98 Å². The number of carbonyl (C=O) groups excluding carboxylic acids is 1. The molecule has 0 radical (unpaired) electrons. The first-order valence-corrected chi connectivity index (χ1v) is 9.17. The van der Waals surface area contributed by atoms with E-state index < -0.39 is 13.3 Å². The van der Waals surface area contributed by atoms with Crippen molar-refractivity contribution >= 4 is 57.0 Å². The number of rotatable bonds is 4. The van der Waals surface area contributed by atoms with Crippen LogP contribution in [0.1, 0.15) is 10.5 Å². The summed E-state index contributed by atoms with van der Waals surface area (Å²) in [6, 6.07) is 8.52. The summed E-state index contributed by atoms with van der Waals surface area (Å²) < 4.78 is 19.4. The van der Waals surface area contributed by atoms with Crippen LogP contribution < -0.4 is 15.7 Å². The number of amides is 1. The lowest BCUT2D eigenvalue weighted by Gasteiger charge is -2.15. The average molecular weight is 355 g/mol. The van der Waals surface area contributed by atoms with E-state index in [0.29, 0.717) is 20.5 Å². The second-order valence-corrected chi connectivity index (χ2v) is 8.67. The third-order valence-electron chi connectivity index (χ3n) is 3.33. The van der Waals surface area contributed by atoms with Crippen LogP contribution in [0.25, 0.3) is 10.9 Å². The summed E-state index contributed by atoms with van der Waals surface area (Å²) in [7, 11) is -2.08. The quantitative estimate of drug-likeness (QED) is 0.706. The van der Waals surface area contributed by atoms with E-state index >= 15 is 0 Å². The first kappa shape index (κ1) is 15.3. The molecule has 0 aliphatic rings. The van der Waals surface area contributed by atoms with Crippen LogP contribution in [0.5, 0.6) is 0 Å². The lowest BCUT2D eigenvalue weighted by Crippen LogP contribution is -2.24. The van der Waals surface area contributed by atoms with Crippen molar-refractivity contribution < 1.29 is 13.9 Å². The monoisotopic (exact) mass is 354 g/mol. The van der Waals surface area contributed by atoms with Gasteiger partial charge in [-0.1, -0.05) is 17.7 Å². The lowest BCUT2D eigenvalue weighted by molar-refractivity contribution is 0.0997. The van der Waals surface area contributed by atoms with Gasteiger partial charge in [-0.3, -0.25) is 9.36 Å². The van der Waals surface area contributed by atoms with Gasteiger partial charge < -0.3 is 15.2 Å². The van der Waals surface area contributed by atoms with Crippen LogP contribution in [0.4, 0.5) is 0 Å². The number of benzene rings is 1. The number of halogens is 1. The Bertz CT molecular complexity index is 904. The molecule has 0 fully saturated rings. The Morgan fingerprint density at radius 3 is 2.77 bits per heavy atom. The van der Waals surface area contributed by atoms with Gasteiger partial charge in [-0.05, 0) is 29.6 Å². The lowest BCUT2D eigenvalue weighted by atomic mass is 10.2. The summed E-state index contributed by atoms with van der Waals surface area (Å²) in [5.41, 5.74) is 6.15. The van der Waals surface area contributed by atoms with Crippen LogP contribution >= 0.6 is 30.3 Å². The van der Waals surface area contributed by atoms with Gasteiger partial charge in [0.1, 0.15) is 5.69 Å².